The highest BCUT2D eigenvalue weighted by atomic mass is 32.1. The fourth-order valence-electron chi connectivity index (χ4n) is 4.10. The van der Waals surface area contributed by atoms with Crippen LogP contribution in [0.4, 0.5) is 16.5 Å². The lowest BCUT2D eigenvalue weighted by molar-refractivity contribution is -0.118. The van der Waals surface area contributed by atoms with Gasteiger partial charge in [0.05, 0.1) is 18.5 Å². The molecule has 0 atom stereocenters. The lowest BCUT2D eigenvalue weighted by atomic mass is 10.1. The fraction of sp³-hybridized carbons (Fsp3) is 0.118. The van der Waals surface area contributed by atoms with Gasteiger partial charge in [-0.1, -0.05) is 48.0 Å². The van der Waals surface area contributed by atoms with Crippen molar-refractivity contribution >= 4 is 45.9 Å². The first-order valence-electron chi connectivity index (χ1n) is 13.9. The molecule has 0 bridgehead atoms. The zero-order valence-corrected chi connectivity index (χ0v) is 25.1. The highest BCUT2D eigenvalue weighted by Crippen LogP contribution is 2.29. The quantitative estimate of drug-likeness (QED) is 0.104. The number of nitrogens with one attached hydrogen (secondary N) is 3. The Morgan fingerprint density at radius 1 is 0.886 bits per heavy atom. The highest BCUT2D eigenvalue weighted by Gasteiger charge is 2.11. The molecule has 44 heavy (non-hydrogen) atoms. The Kier molecular flexibility index (Phi) is 9.96. The van der Waals surface area contributed by atoms with Crippen molar-refractivity contribution < 1.29 is 19.1 Å². The molecule has 1 heterocycles. The van der Waals surface area contributed by atoms with E-state index in [9.17, 15) is 9.59 Å². The first-order valence-corrected chi connectivity index (χ1v) is 14.8. The summed E-state index contributed by atoms with van der Waals surface area (Å²) in [5, 5.41) is 12.9. The Labute approximate surface area is 259 Å². The third kappa shape index (κ3) is 8.30. The van der Waals surface area contributed by atoms with Crippen molar-refractivity contribution in [3.8, 4) is 22.8 Å². The van der Waals surface area contributed by atoms with E-state index in [2.05, 4.69) is 26.1 Å². The first-order chi connectivity index (χ1) is 21.5. The van der Waals surface area contributed by atoms with Gasteiger partial charge in [0, 0.05) is 27.9 Å². The molecule has 5 rings (SSSR count). The number of ether oxygens (including phenoxy) is 2. The van der Waals surface area contributed by atoms with E-state index in [1.165, 1.54) is 17.6 Å². The second kappa shape index (κ2) is 14.6. The molecule has 0 aliphatic carbocycles. The van der Waals surface area contributed by atoms with E-state index >= 15 is 0 Å². The molecule has 9 nitrogen and oxygen atoms in total. The summed E-state index contributed by atoms with van der Waals surface area (Å²) in [7, 11) is 0. The molecule has 0 spiro atoms. The summed E-state index contributed by atoms with van der Waals surface area (Å²) in [6, 6.07) is 29.7. The largest absolute Gasteiger partial charge is 0.490 e. The zero-order valence-electron chi connectivity index (χ0n) is 24.2. The molecular weight excluding hydrogens is 574 g/mol. The Morgan fingerprint density at radius 3 is 2.41 bits per heavy atom. The van der Waals surface area contributed by atoms with E-state index in [0.717, 1.165) is 27.6 Å². The van der Waals surface area contributed by atoms with Crippen molar-refractivity contribution in [1.82, 2.24) is 10.4 Å². The third-order valence-corrected chi connectivity index (χ3v) is 7.07. The van der Waals surface area contributed by atoms with Crippen molar-refractivity contribution in [3.05, 3.63) is 119 Å². The number of aryl methyl sites for hydroxylation is 1. The van der Waals surface area contributed by atoms with Crippen molar-refractivity contribution in [1.29, 1.82) is 0 Å². The van der Waals surface area contributed by atoms with Crippen LogP contribution in [0.2, 0.25) is 0 Å². The van der Waals surface area contributed by atoms with Gasteiger partial charge in [0.1, 0.15) is 0 Å². The average Bonchev–Trinajstić information content (AvgIpc) is 3.51. The molecular formula is C34H31N5O4S. The Hall–Kier alpha value is -5.48. The highest BCUT2D eigenvalue weighted by molar-refractivity contribution is 7.14. The molecule has 0 radical (unpaired) electrons. The lowest BCUT2D eigenvalue weighted by Gasteiger charge is -2.12. The summed E-state index contributed by atoms with van der Waals surface area (Å²) >= 11 is 1.51. The summed E-state index contributed by atoms with van der Waals surface area (Å²) in [4.78, 5) is 29.7. The van der Waals surface area contributed by atoms with Gasteiger partial charge in [-0.2, -0.15) is 5.10 Å². The van der Waals surface area contributed by atoms with Crippen LogP contribution in [-0.2, 0) is 4.79 Å². The number of aromatic nitrogens is 1. The molecule has 0 unspecified atom stereocenters. The predicted molar refractivity (Wildman–Crippen MR) is 175 cm³/mol. The molecule has 1 aromatic heterocycles. The average molecular weight is 606 g/mol. The van der Waals surface area contributed by atoms with E-state index < -0.39 is 0 Å². The molecule has 5 aromatic rings. The zero-order chi connectivity index (χ0) is 30.7. The molecule has 0 saturated heterocycles. The van der Waals surface area contributed by atoms with E-state index in [4.69, 9.17) is 9.47 Å². The number of anilines is 3. The van der Waals surface area contributed by atoms with Crippen molar-refractivity contribution in [2.45, 2.75) is 13.8 Å². The first kappa shape index (κ1) is 30.0. The molecule has 2 amide bonds. The molecule has 10 heteroatoms. The Bertz CT molecular complexity index is 1740. The number of hydrogen-bond acceptors (Lipinski definition) is 8. The topological polar surface area (TPSA) is 114 Å². The monoisotopic (exact) mass is 605 g/mol. The van der Waals surface area contributed by atoms with Gasteiger partial charge in [0.2, 0.25) is 0 Å². The van der Waals surface area contributed by atoms with E-state index in [1.807, 2.05) is 86.0 Å². The standard InChI is InChI=1S/C34H31N5O4S/c1-3-42-31-19-24(11-18-30(31)43-21-32(40)36-28-16-9-23(2)10-17-28)20-35-39-33(41)26-14-12-25(13-15-26)29-22-44-34(38-29)37-27-7-5-4-6-8-27/h4-20,22H,3,21H2,1-2H3,(H,36,40)(H,37,38)(H,39,41)/b35-20+. The summed E-state index contributed by atoms with van der Waals surface area (Å²) in [6.07, 6.45) is 1.51. The molecule has 0 aliphatic rings. The Balaban J connectivity index is 1.14. The van der Waals surface area contributed by atoms with Crippen LogP contribution in [0.15, 0.2) is 108 Å². The van der Waals surface area contributed by atoms with Crippen LogP contribution in [0.5, 0.6) is 11.5 Å². The number of carbonyl (C=O) groups excluding carboxylic acids is 2. The van der Waals surface area contributed by atoms with Gasteiger partial charge in [0.15, 0.2) is 23.2 Å². The maximum Gasteiger partial charge on any atom is 0.271 e. The number of rotatable bonds is 12. The maximum absolute atomic E-state index is 12.7. The normalized spacial score (nSPS) is 10.8. The van der Waals surface area contributed by atoms with Gasteiger partial charge in [-0.3, -0.25) is 9.59 Å². The van der Waals surface area contributed by atoms with Gasteiger partial charge >= 0.3 is 0 Å². The summed E-state index contributed by atoms with van der Waals surface area (Å²) in [5.41, 5.74) is 8.20. The summed E-state index contributed by atoms with van der Waals surface area (Å²) in [6.45, 7) is 4.07. The molecule has 3 N–H and O–H groups in total. The minimum atomic E-state index is -0.345. The van der Waals surface area contributed by atoms with Gasteiger partial charge in [-0.05, 0) is 74.0 Å². The SMILES string of the molecule is CCOc1cc(/C=N/NC(=O)c2ccc(-c3csc(Nc4ccccc4)n3)cc2)ccc1OCC(=O)Nc1ccc(C)cc1. The second-order valence-electron chi connectivity index (χ2n) is 9.65. The summed E-state index contributed by atoms with van der Waals surface area (Å²) in [5.74, 6) is 0.261. The number of carbonyl (C=O) groups is 2. The van der Waals surface area contributed by atoms with Gasteiger partial charge in [-0.25, -0.2) is 10.4 Å². The van der Waals surface area contributed by atoms with Gasteiger partial charge < -0.3 is 20.1 Å². The number of thiazole rings is 1. The number of amides is 2. The van der Waals surface area contributed by atoms with Crippen LogP contribution >= 0.6 is 11.3 Å². The van der Waals surface area contributed by atoms with E-state index in [-0.39, 0.29) is 18.4 Å². The summed E-state index contributed by atoms with van der Waals surface area (Å²) < 4.78 is 11.4. The number of benzene rings is 4. The predicted octanol–water partition coefficient (Wildman–Crippen LogP) is 7.04. The minimum Gasteiger partial charge on any atom is -0.490 e. The molecule has 4 aromatic carbocycles. The van der Waals surface area contributed by atoms with Crippen LogP contribution in [0.25, 0.3) is 11.3 Å². The van der Waals surface area contributed by atoms with Crippen LogP contribution in [0.1, 0.15) is 28.4 Å². The van der Waals surface area contributed by atoms with Crippen LogP contribution < -0.4 is 25.5 Å². The molecule has 222 valence electrons. The number of nitrogens with zero attached hydrogens (tertiary/aromatic N) is 2. The fourth-order valence-corrected chi connectivity index (χ4v) is 4.84. The van der Waals surface area contributed by atoms with Crippen LogP contribution in [-0.4, -0.2) is 36.2 Å². The number of hydrazone groups is 1. The number of hydrogen-bond donors (Lipinski definition) is 3. The molecule has 0 aliphatic heterocycles. The van der Waals surface area contributed by atoms with Crippen LogP contribution in [0, 0.1) is 6.92 Å². The van der Waals surface area contributed by atoms with E-state index in [1.54, 1.807) is 30.3 Å². The number of para-hydroxylation sites is 1. The van der Waals surface area contributed by atoms with Gasteiger partial charge in [-0.15, -0.1) is 11.3 Å². The van der Waals surface area contributed by atoms with Crippen LogP contribution in [0.3, 0.4) is 0 Å². The second-order valence-corrected chi connectivity index (χ2v) is 10.5. The van der Waals surface area contributed by atoms with Crippen molar-refractivity contribution in [2.75, 3.05) is 23.8 Å². The molecule has 0 fully saturated rings. The lowest BCUT2D eigenvalue weighted by Crippen LogP contribution is -2.20. The maximum atomic E-state index is 12.7. The molecule has 0 saturated carbocycles. The third-order valence-electron chi connectivity index (χ3n) is 6.31. The smallest absolute Gasteiger partial charge is 0.271 e. The van der Waals surface area contributed by atoms with E-state index in [0.29, 0.717) is 34.9 Å². The van der Waals surface area contributed by atoms with Crippen molar-refractivity contribution in [3.63, 3.8) is 0 Å². The van der Waals surface area contributed by atoms with Gasteiger partial charge in [0.25, 0.3) is 11.8 Å². The van der Waals surface area contributed by atoms with Crippen molar-refractivity contribution in [2.24, 2.45) is 5.10 Å². The minimum absolute atomic E-state index is 0.176. The Morgan fingerprint density at radius 2 is 1.66 bits per heavy atom.